The van der Waals surface area contributed by atoms with Crippen molar-refractivity contribution in [3.05, 3.63) is 34.9 Å². The summed E-state index contributed by atoms with van der Waals surface area (Å²) in [5.74, 6) is 0.467. The van der Waals surface area contributed by atoms with Crippen molar-refractivity contribution in [1.29, 1.82) is 0 Å². The van der Waals surface area contributed by atoms with E-state index in [0.717, 1.165) is 17.1 Å². The molecule has 15 heavy (non-hydrogen) atoms. The number of anilines is 1. The van der Waals surface area contributed by atoms with Crippen LogP contribution in [0.3, 0.4) is 0 Å². The van der Waals surface area contributed by atoms with Gasteiger partial charge in [0.1, 0.15) is 5.15 Å². The maximum Gasteiger partial charge on any atom is 0.205 e. The van der Waals surface area contributed by atoms with Gasteiger partial charge in [0.2, 0.25) is 5.95 Å². The van der Waals surface area contributed by atoms with Crippen molar-refractivity contribution in [1.82, 2.24) is 14.5 Å². The SMILES string of the molecule is Cc1nc(N)n(-c2ccc(Cl)nc2)c1C. The molecule has 0 unspecified atom stereocenters. The first-order valence-electron chi connectivity index (χ1n) is 4.53. The summed E-state index contributed by atoms with van der Waals surface area (Å²) in [6.07, 6.45) is 1.67. The lowest BCUT2D eigenvalue weighted by atomic mass is 10.3. The predicted molar refractivity (Wildman–Crippen MR) is 60.3 cm³/mol. The zero-order chi connectivity index (χ0) is 11.0. The zero-order valence-corrected chi connectivity index (χ0v) is 9.28. The van der Waals surface area contributed by atoms with Crippen LogP contribution in [0, 0.1) is 13.8 Å². The van der Waals surface area contributed by atoms with E-state index >= 15 is 0 Å². The molecule has 0 radical (unpaired) electrons. The number of aromatic nitrogens is 3. The number of nitrogens with zero attached hydrogens (tertiary/aromatic N) is 3. The maximum atomic E-state index is 5.80. The smallest absolute Gasteiger partial charge is 0.205 e. The van der Waals surface area contributed by atoms with Crippen LogP contribution in [0.15, 0.2) is 18.3 Å². The summed E-state index contributed by atoms with van der Waals surface area (Å²) < 4.78 is 1.85. The molecule has 2 aromatic rings. The van der Waals surface area contributed by atoms with Gasteiger partial charge in [0, 0.05) is 5.69 Å². The molecule has 0 fully saturated rings. The largest absolute Gasteiger partial charge is 0.369 e. The second-order valence-corrected chi connectivity index (χ2v) is 3.70. The Hall–Kier alpha value is -1.55. The molecule has 0 aromatic carbocycles. The van der Waals surface area contributed by atoms with E-state index in [-0.39, 0.29) is 0 Å². The molecule has 0 amide bonds. The van der Waals surface area contributed by atoms with E-state index in [1.165, 1.54) is 0 Å². The van der Waals surface area contributed by atoms with Crippen molar-refractivity contribution in [3.8, 4) is 5.69 Å². The monoisotopic (exact) mass is 222 g/mol. The number of aryl methyl sites for hydroxylation is 1. The number of hydrogen-bond acceptors (Lipinski definition) is 3. The van der Waals surface area contributed by atoms with Gasteiger partial charge < -0.3 is 5.73 Å². The summed E-state index contributed by atoms with van der Waals surface area (Å²) >= 11 is 5.72. The van der Waals surface area contributed by atoms with Gasteiger partial charge in [-0.05, 0) is 26.0 Å². The van der Waals surface area contributed by atoms with E-state index in [9.17, 15) is 0 Å². The summed E-state index contributed by atoms with van der Waals surface area (Å²) in [4.78, 5) is 8.20. The first-order chi connectivity index (χ1) is 7.09. The highest BCUT2D eigenvalue weighted by Gasteiger charge is 2.09. The predicted octanol–water partition coefficient (Wildman–Crippen LogP) is 2.12. The molecule has 2 heterocycles. The maximum absolute atomic E-state index is 5.80. The number of pyridine rings is 1. The average molecular weight is 223 g/mol. The number of hydrogen-bond donors (Lipinski definition) is 1. The molecule has 0 aliphatic carbocycles. The Morgan fingerprint density at radius 2 is 2.07 bits per heavy atom. The molecule has 2 N–H and O–H groups in total. The Kier molecular flexibility index (Phi) is 2.36. The number of nitrogens with two attached hydrogens (primary N) is 1. The van der Waals surface area contributed by atoms with Gasteiger partial charge in [0.25, 0.3) is 0 Å². The van der Waals surface area contributed by atoms with Crippen molar-refractivity contribution >= 4 is 17.5 Å². The lowest BCUT2D eigenvalue weighted by Crippen LogP contribution is -2.02. The van der Waals surface area contributed by atoms with Gasteiger partial charge in [-0.2, -0.15) is 0 Å². The molecule has 0 aliphatic rings. The standard InChI is InChI=1S/C10H11ClN4/c1-6-7(2)15(10(12)14-6)8-3-4-9(11)13-5-8/h3-5H,1-2H3,(H2,12,14). The summed E-state index contributed by atoms with van der Waals surface area (Å²) in [6.45, 7) is 3.89. The fourth-order valence-electron chi connectivity index (χ4n) is 1.46. The fraction of sp³-hybridized carbons (Fsp3) is 0.200. The lowest BCUT2D eigenvalue weighted by molar-refractivity contribution is 1.00. The minimum absolute atomic E-state index is 0.465. The van der Waals surface area contributed by atoms with E-state index in [4.69, 9.17) is 17.3 Å². The first-order valence-corrected chi connectivity index (χ1v) is 4.90. The molecule has 0 atom stereocenters. The third kappa shape index (κ3) is 1.68. The van der Waals surface area contributed by atoms with Gasteiger partial charge in [-0.25, -0.2) is 9.97 Å². The van der Waals surface area contributed by atoms with Crippen molar-refractivity contribution in [3.63, 3.8) is 0 Å². The average Bonchev–Trinajstić information content (AvgIpc) is 2.44. The lowest BCUT2D eigenvalue weighted by Gasteiger charge is -2.06. The van der Waals surface area contributed by atoms with Crippen molar-refractivity contribution in [2.45, 2.75) is 13.8 Å². The topological polar surface area (TPSA) is 56.7 Å². The van der Waals surface area contributed by atoms with Crippen LogP contribution in [0.1, 0.15) is 11.4 Å². The van der Waals surface area contributed by atoms with Gasteiger partial charge in [0.05, 0.1) is 17.6 Å². The van der Waals surface area contributed by atoms with E-state index in [0.29, 0.717) is 11.1 Å². The molecule has 0 spiro atoms. The Balaban J connectivity index is 2.58. The number of imidazole rings is 1. The van der Waals surface area contributed by atoms with Crippen LogP contribution >= 0.6 is 11.6 Å². The Labute approximate surface area is 92.7 Å². The van der Waals surface area contributed by atoms with Crippen molar-refractivity contribution in [2.24, 2.45) is 0 Å². The van der Waals surface area contributed by atoms with Crippen LogP contribution in [0.5, 0.6) is 0 Å². The highest BCUT2D eigenvalue weighted by atomic mass is 35.5. The van der Waals surface area contributed by atoms with Gasteiger partial charge >= 0.3 is 0 Å². The van der Waals surface area contributed by atoms with Crippen LogP contribution in [0.4, 0.5) is 5.95 Å². The molecule has 5 heteroatoms. The molecule has 0 bridgehead atoms. The molecule has 2 rings (SSSR count). The van der Waals surface area contributed by atoms with E-state index in [2.05, 4.69) is 9.97 Å². The van der Waals surface area contributed by atoms with Gasteiger partial charge in [0.15, 0.2) is 0 Å². The van der Waals surface area contributed by atoms with Crippen LogP contribution in [0.25, 0.3) is 5.69 Å². The number of nitrogen functional groups attached to an aromatic ring is 1. The fourth-order valence-corrected chi connectivity index (χ4v) is 1.57. The molecule has 4 nitrogen and oxygen atoms in total. The Morgan fingerprint density at radius 1 is 1.33 bits per heavy atom. The van der Waals surface area contributed by atoms with E-state index < -0.39 is 0 Å². The molecule has 0 saturated heterocycles. The molecular formula is C10H11ClN4. The number of rotatable bonds is 1. The molecule has 0 aliphatic heterocycles. The van der Waals surface area contributed by atoms with Crippen molar-refractivity contribution in [2.75, 3.05) is 5.73 Å². The van der Waals surface area contributed by atoms with Gasteiger partial charge in [-0.3, -0.25) is 4.57 Å². The number of halogens is 1. The first kappa shape index (κ1) is 9.98. The normalized spacial score (nSPS) is 10.6. The van der Waals surface area contributed by atoms with Crippen LogP contribution < -0.4 is 5.73 Å². The second kappa shape index (κ2) is 3.55. The second-order valence-electron chi connectivity index (χ2n) is 3.32. The molecule has 2 aromatic heterocycles. The van der Waals surface area contributed by atoms with Crippen LogP contribution in [0.2, 0.25) is 5.15 Å². The third-order valence-electron chi connectivity index (χ3n) is 2.34. The Bertz CT molecular complexity index is 487. The minimum atomic E-state index is 0.465. The Morgan fingerprint density at radius 3 is 2.53 bits per heavy atom. The van der Waals surface area contributed by atoms with E-state index in [1.54, 1.807) is 12.3 Å². The zero-order valence-electron chi connectivity index (χ0n) is 8.53. The minimum Gasteiger partial charge on any atom is -0.369 e. The molecule has 78 valence electrons. The molecule has 0 saturated carbocycles. The van der Waals surface area contributed by atoms with E-state index in [1.807, 2.05) is 24.5 Å². The highest BCUT2D eigenvalue weighted by Crippen LogP contribution is 2.19. The van der Waals surface area contributed by atoms with Gasteiger partial charge in [-0.1, -0.05) is 11.6 Å². The molecular weight excluding hydrogens is 212 g/mol. The van der Waals surface area contributed by atoms with Gasteiger partial charge in [-0.15, -0.1) is 0 Å². The highest BCUT2D eigenvalue weighted by molar-refractivity contribution is 6.29. The third-order valence-corrected chi connectivity index (χ3v) is 2.56. The summed E-state index contributed by atoms with van der Waals surface area (Å²) in [7, 11) is 0. The van der Waals surface area contributed by atoms with Crippen molar-refractivity contribution < 1.29 is 0 Å². The quantitative estimate of drug-likeness (QED) is 0.752. The van der Waals surface area contributed by atoms with Crippen LogP contribution in [-0.4, -0.2) is 14.5 Å². The van der Waals surface area contributed by atoms with Crippen LogP contribution in [-0.2, 0) is 0 Å². The summed E-state index contributed by atoms with van der Waals surface area (Å²) in [5, 5.41) is 0.465. The summed E-state index contributed by atoms with van der Waals surface area (Å²) in [5.41, 5.74) is 8.60. The summed E-state index contributed by atoms with van der Waals surface area (Å²) in [6, 6.07) is 3.59.